The number of halogens is 1. The Balaban J connectivity index is 1.16. The molecule has 0 aliphatic carbocycles. The summed E-state index contributed by atoms with van der Waals surface area (Å²) < 4.78 is 11.7. The molecule has 2 saturated heterocycles. The van der Waals surface area contributed by atoms with Crippen molar-refractivity contribution in [1.29, 1.82) is 0 Å². The summed E-state index contributed by atoms with van der Waals surface area (Å²) in [5.74, 6) is -0.144. The lowest BCUT2D eigenvalue weighted by molar-refractivity contribution is -0.136. The van der Waals surface area contributed by atoms with Gasteiger partial charge < -0.3 is 29.6 Å². The van der Waals surface area contributed by atoms with Gasteiger partial charge >= 0.3 is 0 Å². The molecule has 2 N–H and O–H groups in total. The number of aromatic nitrogens is 2. The molecule has 2 aromatic carbocycles. The number of anilines is 2. The van der Waals surface area contributed by atoms with Crippen LogP contribution in [0.15, 0.2) is 91.2 Å². The van der Waals surface area contributed by atoms with Crippen LogP contribution in [-0.4, -0.2) is 78.8 Å². The minimum absolute atomic E-state index is 0.0497. The van der Waals surface area contributed by atoms with Crippen molar-refractivity contribution in [3.8, 4) is 11.3 Å². The van der Waals surface area contributed by atoms with E-state index in [9.17, 15) is 9.59 Å². The van der Waals surface area contributed by atoms with Crippen LogP contribution in [0.3, 0.4) is 0 Å². The molecular weight excluding hydrogens is 642 g/mol. The number of H-pyrrole nitrogens is 1. The fraction of sp³-hybridized carbons (Fsp3) is 0.324. The second-order valence-corrected chi connectivity index (χ2v) is 13.9. The van der Waals surface area contributed by atoms with Crippen LogP contribution in [0.4, 0.5) is 11.4 Å². The number of nitrogens with one attached hydrogen (secondary N) is 2. The Morgan fingerprint density at radius 2 is 1.91 bits per heavy atom. The first-order chi connectivity index (χ1) is 22.4. The second-order valence-electron chi connectivity index (χ2n) is 11.5. The molecule has 3 aliphatic heterocycles. The van der Waals surface area contributed by atoms with Gasteiger partial charge in [0.05, 0.1) is 37.3 Å². The first-order valence-electron chi connectivity index (χ1n) is 15.3. The molecule has 1 unspecified atom stereocenters. The standard InChI is InChI=1S/C34H34ClN5O4S2/c1-21-5-7-25(36-19-21)33(27-20-40(11-14-44-27)32(42)18-35)37-22-6-8-28-30(15-22)45-29-4-2-3-24(34(29)46-28)26-16-23(17-31(41)38-26)39-9-12-43-13-10-39/h2-8,15-17,19,27,33,37H,9-14,18,20H2,1H3,(H,38,41)/t27-,33?/m1/s1. The Hall–Kier alpha value is -3.48. The lowest BCUT2D eigenvalue weighted by Crippen LogP contribution is -2.49. The molecule has 0 bridgehead atoms. The van der Waals surface area contributed by atoms with Crippen LogP contribution in [0, 0.1) is 6.92 Å². The number of rotatable bonds is 7. The number of hydrogen-bond acceptors (Lipinski definition) is 9. The van der Waals surface area contributed by atoms with Crippen molar-refractivity contribution in [3.05, 3.63) is 88.5 Å². The van der Waals surface area contributed by atoms with Gasteiger partial charge in [0.25, 0.3) is 0 Å². The van der Waals surface area contributed by atoms with Gasteiger partial charge in [-0.05, 0) is 48.9 Å². The van der Waals surface area contributed by atoms with Crippen LogP contribution < -0.4 is 15.8 Å². The summed E-state index contributed by atoms with van der Waals surface area (Å²) in [4.78, 5) is 41.5. The molecule has 5 heterocycles. The fourth-order valence-electron chi connectivity index (χ4n) is 5.97. The SMILES string of the molecule is Cc1ccc(C(Nc2ccc3c(c2)Sc2cccc(-c4cc(N5CCOCC5)cc(=O)[nH]4)c2S3)[C@H]2CN(C(=O)CCl)CCO2)nc1. The molecule has 9 nitrogen and oxygen atoms in total. The number of carbonyl (C=O) groups excluding carboxylic acids is 1. The van der Waals surface area contributed by atoms with E-state index < -0.39 is 0 Å². The highest BCUT2D eigenvalue weighted by Crippen LogP contribution is 2.52. The van der Waals surface area contributed by atoms with Gasteiger partial charge in [-0.3, -0.25) is 14.6 Å². The highest BCUT2D eigenvalue weighted by molar-refractivity contribution is 8.05. The van der Waals surface area contributed by atoms with Gasteiger partial charge in [0.15, 0.2) is 0 Å². The normalized spacial score (nSPS) is 18.4. The number of aryl methyl sites for hydroxylation is 1. The molecule has 2 fully saturated rings. The average molecular weight is 676 g/mol. The Morgan fingerprint density at radius 1 is 1.04 bits per heavy atom. The van der Waals surface area contributed by atoms with Crippen LogP contribution in [0.25, 0.3) is 11.3 Å². The number of carbonyl (C=O) groups is 1. The monoisotopic (exact) mass is 675 g/mol. The Morgan fingerprint density at radius 3 is 2.72 bits per heavy atom. The maximum atomic E-state index is 12.7. The summed E-state index contributed by atoms with van der Waals surface area (Å²) in [6.07, 6.45) is 1.56. The first-order valence-corrected chi connectivity index (χ1v) is 17.5. The number of nitrogens with zero attached hydrogens (tertiary/aromatic N) is 3. The smallest absolute Gasteiger partial charge is 0.250 e. The number of alkyl halides is 1. The van der Waals surface area contributed by atoms with E-state index in [1.165, 1.54) is 0 Å². The van der Waals surface area contributed by atoms with E-state index in [1.54, 1.807) is 34.5 Å². The highest BCUT2D eigenvalue weighted by atomic mass is 35.5. The number of morpholine rings is 2. The van der Waals surface area contributed by atoms with Gasteiger partial charge in [0, 0.05) is 75.0 Å². The van der Waals surface area contributed by atoms with E-state index in [-0.39, 0.29) is 29.5 Å². The molecule has 4 aromatic rings. The summed E-state index contributed by atoms with van der Waals surface area (Å²) in [6, 6.07) is 20.1. The maximum Gasteiger partial charge on any atom is 0.250 e. The van der Waals surface area contributed by atoms with E-state index in [0.717, 1.165) is 66.6 Å². The Bertz CT molecular complexity index is 1800. The second kappa shape index (κ2) is 13.7. The van der Waals surface area contributed by atoms with Crippen molar-refractivity contribution < 1.29 is 14.3 Å². The van der Waals surface area contributed by atoms with Crippen LogP contribution in [0.5, 0.6) is 0 Å². The Kier molecular flexibility index (Phi) is 9.28. The molecular formula is C34H34ClN5O4S2. The van der Waals surface area contributed by atoms with Crippen molar-refractivity contribution in [3.63, 3.8) is 0 Å². The fourth-order valence-corrected chi connectivity index (χ4v) is 8.55. The molecule has 0 saturated carbocycles. The molecule has 1 amide bonds. The van der Waals surface area contributed by atoms with Crippen molar-refractivity contribution in [1.82, 2.24) is 14.9 Å². The summed E-state index contributed by atoms with van der Waals surface area (Å²) in [7, 11) is 0. The maximum absolute atomic E-state index is 12.7. The molecule has 3 aliphatic rings. The van der Waals surface area contributed by atoms with Crippen molar-refractivity contribution >= 4 is 52.4 Å². The minimum Gasteiger partial charge on any atom is -0.378 e. The number of pyridine rings is 2. The molecule has 2 atom stereocenters. The van der Waals surface area contributed by atoms with Gasteiger partial charge in [0.2, 0.25) is 11.5 Å². The molecule has 2 aromatic heterocycles. The molecule has 0 radical (unpaired) electrons. The van der Waals surface area contributed by atoms with E-state index in [4.69, 9.17) is 26.1 Å². The van der Waals surface area contributed by atoms with Crippen LogP contribution in [0.1, 0.15) is 17.3 Å². The predicted molar refractivity (Wildman–Crippen MR) is 183 cm³/mol. The predicted octanol–water partition coefficient (Wildman–Crippen LogP) is 5.82. The lowest BCUT2D eigenvalue weighted by Gasteiger charge is -2.37. The van der Waals surface area contributed by atoms with E-state index in [2.05, 4.69) is 51.6 Å². The third-order valence-electron chi connectivity index (χ3n) is 8.36. The summed E-state index contributed by atoms with van der Waals surface area (Å²) >= 11 is 9.31. The van der Waals surface area contributed by atoms with Gasteiger partial charge in [-0.1, -0.05) is 41.7 Å². The third-order valence-corrected chi connectivity index (χ3v) is 11.2. The van der Waals surface area contributed by atoms with Crippen LogP contribution in [-0.2, 0) is 14.3 Å². The van der Waals surface area contributed by atoms with Gasteiger partial charge in [-0.25, -0.2) is 0 Å². The number of benzene rings is 2. The summed E-state index contributed by atoms with van der Waals surface area (Å²) in [5, 5.41) is 3.68. The summed E-state index contributed by atoms with van der Waals surface area (Å²) in [5.41, 5.74) is 5.47. The number of hydrogen-bond donors (Lipinski definition) is 2. The number of ether oxygens (including phenoxy) is 2. The van der Waals surface area contributed by atoms with Gasteiger partial charge in [-0.2, -0.15) is 0 Å². The average Bonchev–Trinajstić information content (AvgIpc) is 3.09. The zero-order chi connectivity index (χ0) is 31.6. The summed E-state index contributed by atoms with van der Waals surface area (Å²) in [6.45, 7) is 6.25. The molecule has 12 heteroatoms. The quantitative estimate of drug-likeness (QED) is 0.207. The topological polar surface area (TPSA) is 99.8 Å². The van der Waals surface area contributed by atoms with Gasteiger partial charge in [-0.15, -0.1) is 11.6 Å². The molecule has 238 valence electrons. The zero-order valence-corrected chi connectivity index (χ0v) is 27.7. The van der Waals surface area contributed by atoms with Crippen molar-refractivity contribution in [2.24, 2.45) is 0 Å². The van der Waals surface area contributed by atoms with E-state index >= 15 is 0 Å². The number of amides is 1. The van der Waals surface area contributed by atoms with E-state index in [1.807, 2.05) is 31.3 Å². The zero-order valence-electron chi connectivity index (χ0n) is 25.3. The Labute approximate surface area is 281 Å². The third kappa shape index (κ3) is 6.65. The van der Waals surface area contributed by atoms with E-state index in [0.29, 0.717) is 32.9 Å². The first kappa shape index (κ1) is 31.1. The van der Waals surface area contributed by atoms with Gasteiger partial charge in [0.1, 0.15) is 12.0 Å². The highest BCUT2D eigenvalue weighted by Gasteiger charge is 2.32. The largest absolute Gasteiger partial charge is 0.378 e. The lowest BCUT2D eigenvalue weighted by atomic mass is 10.0. The number of aromatic amines is 1. The van der Waals surface area contributed by atoms with Crippen LogP contribution in [0.2, 0.25) is 0 Å². The van der Waals surface area contributed by atoms with Crippen molar-refractivity contribution in [2.75, 3.05) is 62.1 Å². The molecule has 0 spiro atoms. The molecule has 7 rings (SSSR count). The molecule has 46 heavy (non-hydrogen) atoms. The van der Waals surface area contributed by atoms with Crippen molar-refractivity contribution in [2.45, 2.75) is 38.7 Å². The minimum atomic E-state index is -0.298. The van der Waals surface area contributed by atoms with Crippen LogP contribution >= 0.6 is 35.1 Å². The number of fused-ring (bicyclic) bond motifs is 2.